The van der Waals surface area contributed by atoms with Gasteiger partial charge in [-0.2, -0.15) is 13.7 Å². The molecular formula is C26H16BrN3O6S. The van der Waals surface area contributed by atoms with Gasteiger partial charge in [-0.25, -0.2) is 0 Å². The van der Waals surface area contributed by atoms with E-state index in [-0.39, 0.29) is 27.5 Å². The van der Waals surface area contributed by atoms with E-state index in [0.717, 1.165) is 35.0 Å². The van der Waals surface area contributed by atoms with Gasteiger partial charge in [-0.1, -0.05) is 46.3 Å². The Labute approximate surface area is 220 Å². The maximum Gasteiger partial charge on any atom is 0.339 e. The first-order chi connectivity index (χ1) is 17.7. The number of carbonyl (C=O) groups excluding carboxylic acids is 1. The zero-order valence-corrected chi connectivity index (χ0v) is 21.2. The number of non-ortho nitro benzene ring substituents is 1. The molecule has 0 fully saturated rings. The number of nitriles is 1. The standard InChI is InChI=1S/C26H16BrN3O6S/c27-21-6-12-25(36-37(34,35)24-10-8-23(9-11-24)30(32)33)19(14-21)13-20(16-28)26(31)29-22-7-5-17-3-1-2-4-18(17)15-22/h1-15H,(H,29,31)/b20-13+. The third-order valence-corrected chi connectivity index (χ3v) is 6.92. The van der Waals surface area contributed by atoms with E-state index in [1.165, 1.54) is 24.3 Å². The first-order valence-corrected chi connectivity index (χ1v) is 12.8. The zero-order chi connectivity index (χ0) is 26.6. The highest BCUT2D eigenvalue weighted by atomic mass is 79.9. The lowest BCUT2D eigenvalue weighted by atomic mass is 10.1. The number of amides is 1. The molecule has 0 saturated carbocycles. The van der Waals surface area contributed by atoms with Gasteiger partial charge in [-0.3, -0.25) is 14.9 Å². The number of rotatable bonds is 7. The molecule has 0 aliphatic rings. The SMILES string of the molecule is N#C/C(=C\c1cc(Br)ccc1OS(=O)(=O)c1ccc([N+](=O)[O-])cc1)C(=O)Nc1ccc2ccccc2c1. The number of nitrogens with zero attached hydrogens (tertiary/aromatic N) is 2. The topological polar surface area (TPSA) is 139 Å². The molecule has 4 rings (SSSR count). The van der Waals surface area contributed by atoms with E-state index in [1.807, 2.05) is 36.4 Å². The van der Waals surface area contributed by atoms with Crippen molar-refractivity contribution >= 4 is 60.2 Å². The van der Waals surface area contributed by atoms with Gasteiger partial charge in [0.1, 0.15) is 22.3 Å². The Bertz CT molecular complexity index is 1710. The summed E-state index contributed by atoms with van der Waals surface area (Å²) >= 11 is 3.29. The maximum absolute atomic E-state index is 12.8. The lowest BCUT2D eigenvalue weighted by Gasteiger charge is -2.11. The number of fused-ring (bicyclic) bond motifs is 1. The summed E-state index contributed by atoms with van der Waals surface area (Å²) in [6.45, 7) is 0. The summed E-state index contributed by atoms with van der Waals surface area (Å²) in [7, 11) is -4.37. The molecule has 37 heavy (non-hydrogen) atoms. The van der Waals surface area contributed by atoms with Gasteiger partial charge in [0.2, 0.25) is 0 Å². The molecule has 11 heteroatoms. The highest BCUT2D eigenvalue weighted by molar-refractivity contribution is 9.10. The minimum atomic E-state index is -4.37. The number of carbonyl (C=O) groups is 1. The average Bonchev–Trinajstić information content (AvgIpc) is 2.88. The molecule has 0 radical (unpaired) electrons. The summed E-state index contributed by atoms with van der Waals surface area (Å²) in [4.78, 5) is 22.7. The number of hydrogen-bond acceptors (Lipinski definition) is 7. The van der Waals surface area contributed by atoms with E-state index in [1.54, 1.807) is 12.1 Å². The monoisotopic (exact) mass is 577 g/mol. The van der Waals surface area contributed by atoms with Crippen LogP contribution >= 0.6 is 15.9 Å². The summed E-state index contributed by atoms with van der Waals surface area (Å²) in [6.07, 6.45) is 1.21. The number of halogens is 1. The van der Waals surface area contributed by atoms with E-state index < -0.39 is 20.9 Å². The molecule has 4 aromatic carbocycles. The second kappa shape index (κ2) is 10.6. The maximum atomic E-state index is 12.8. The highest BCUT2D eigenvalue weighted by Crippen LogP contribution is 2.29. The largest absolute Gasteiger partial charge is 0.378 e. The molecule has 0 heterocycles. The van der Waals surface area contributed by atoms with E-state index in [9.17, 15) is 28.6 Å². The molecule has 0 aliphatic heterocycles. The van der Waals surface area contributed by atoms with Gasteiger partial charge in [-0.05, 0) is 59.3 Å². The fraction of sp³-hybridized carbons (Fsp3) is 0. The number of nitro benzene ring substituents is 1. The summed E-state index contributed by atoms with van der Waals surface area (Å²) in [6, 6.07) is 23.3. The summed E-state index contributed by atoms with van der Waals surface area (Å²) in [5.41, 5.74) is 0.0625. The quantitative estimate of drug-likeness (QED) is 0.0958. The van der Waals surface area contributed by atoms with Crippen LogP contribution < -0.4 is 9.50 Å². The fourth-order valence-electron chi connectivity index (χ4n) is 3.38. The minimum absolute atomic E-state index is 0.144. The van der Waals surface area contributed by atoms with Gasteiger partial charge >= 0.3 is 10.1 Å². The van der Waals surface area contributed by atoms with E-state index >= 15 is 0 Å². The Kier molecular flexibility index (Phi) is 7.33. The molecule has 0 aromatic heterocycles. The first-order valence-electron chi connectivity index (χ1n) is 10.6. The van der Waals surface area contributed by atoms with Crippen LogP contribution in [0.25, 0.3) is 16.8 Å². The van der Waals surface area contributed by atoms with Crippen molar-refractivity contribution in [2.75, 3.05) is 5.32 Å². The molecule has 1 amide bonds. The third-order valence-electron chi connectivity index (χ3n) is 5.18. The number of hydrogen-bond donors (Lipinski definition) is 1. The number of nitro groups is 1. The normalized spacial score (nSPS) is 11.5. The van der Waals surface area contributed by atoms with Crippen molar-refractivity contribution in [3.63, 3.8) is 0 Å². The minimum Gasteiger partial charge on any atom is -0.378 e. The Hall–Kier alpha value is -4.53. The second-order valence-corrected chi connectivity index (χ2v) is 10.1. The van der Waals surface area contributed by atoms with Crippen LogP contribution in [0.3, 0.4) is 0 Å². The second-order valence-electron chi connectivity index (χ2n) is 7.66. The van der Waals surface area contributed by atoms with Gasteiger partial charge in [0.15, 0.2) is 0 Å². The molecule has 0 spiro atoms. The van der Waals surface area contributed by atoms with Gasteiger partial charge in [0, 0.05) is 27.9 Å². The Morgan fingerprint density at radius 1 is 1.00 bits per heavy atom. The number of anilines is 1. The van der Waals surface area contributed by atoms with Crippen LogP contribution in [-0.2, 0) is 14.9 Å². The van der Waals surface area contributed by atoms with Crippen molar-refractivity contribution in [3.8, 4) is 11.8 Å². The smallest absolute Gasteiger partial charge is 0.339 e. The van der Waals surface area contributed by atoms with Crippen molar-refractivity contribution in [1.82, 2.24) is 0 Å². The van der Waals surface area contributed by atoms with Crippen molar-refractivity contribution in [1.29, 1.82) is 5.26 Å². The molecular weight excluding hydrogens is 562 g/mol. The first kappa shape index (κ1) is 25.6. The van der Waals surface area contributed by atoms with Crippen LogP contribution in [0.2, 0.25) is 0 Å². The van der Waals surface area contributed by atoms with Gasteiger partial charge < -0.3 is 9.50 Å². The van der Waals surface area contributed by atoms with Crippen LogP contribution in [0.5, 0.6) is 5.75 Å². The fourth-order valence-corrected chi connectivity index (χ4v) is 4.71. The Morgan fingerprint density at radius 3 is 2.38 bits per heavy atom. The van der Waals surface area contributed by atoms with Crippen molar-refractivity contribution in [3.05, 3.63) is 111 Å². The van der Waals surface area contributed by atoms with Crippen molar-refractivity contribution in [2.24, 2.45) is 0 Å². The average molecular weight is 578 g/mol. The van der Waals surface area contributed by atoms with E-state index in [2.05, 4.69) is 21.2 Å². The zero-order valence-electron chi connectivity index (χ0n) is 18.8. The molecule has 4 aromatic rings. The third kappa shape index (κ3) is 6.00. The van der Waals surface area contributed by atoms with Crippen molar-refractivity contribution in [2.45, 2.75) is 4.90 Å². The highest BCUT2D eigenvalue weighted by Gasteiger charge is 2.21. The molecule has 1 N–H and O–H groups in total. The molecule has 184 valence electrons. The summed E-state index contributed by atoms with van der Waals surface area (Å²) < 4.78 is 31.4. The van der Waals surface area contributed by atoms with Gasteiger partial charge in [0.25, 0.3) is 11.6 Å². The van der Waals surface area contributed by atoms with Crippen molar-refractivity contribution < 1.29 is 22.3 Å². The Balaban J connectivity index is 1.62. The van der Waals surface area contributed by atoms with Crippen LogP contribution in [-0.4, -0.2) is 19.2 Å². The summed E-state index contributed by atoms with van der Waals surface area (Å²) in [5, 5.41) is 25.1. The van der Waals surface area contributed by atoms with Crippen LogP contribution in [0.1, 0.15) is 5.56 Å². The van der Waals surface area contributed by atoms with Gasteiger partial charge in [-0.15, -0.1) is 0 Å². The summed E-state index contributed by atoms with van der Waals surface area (Å²) in [5.74, 6) is -0.838. The lowest BCUT2D eigenvalue weighted by molar-refractivity contribution is -0.384. The number of nitrogens with one attached hydrogen (secondary N) is 1. The molecule has 0 atom stereocenters. The predicted molar refractivity (Wildman–Crippen MR) is 141 cm³/mol. The Morgan fingerprint density at radius 2 is 1.70 bits per heavy atom. The molecule has 0 bridgehead atoms. The van der Waals surface area contributed by atoms with E-state index in [0.29, 0.717) is 10.2 Å². The molecule has 9 nitrogen and oxygen atoms in total. The molecule has 0 aliphatic carbocycles. The van der Waals surface area contributed by atoms with Crippen LogP contribution in [0, 0.1) is 21.4 Å². The molecule has 0 unspecified atom stereocenters. The number of benzene rings is 4. The van der Waals surface area contributed by atoms with Crippen LogP contribution in [0.15, 0.2) is 99.9 Å². The molecule has 0 saturated heterocycles. The van der Waals surface area contributed by atoms with Crippen LogP contribution in [0.4, 0.5) is 11.4 Å². The lowest BCUT2D eigenvalue weighted by Crippen LogP contribution is -2.14. The predicted octanol–water partition coefficient (Wildman–Crippen LogP) is 5.82. The van der Waals surface area contributed by atoms with Gasteiger partial charge in [0.05, 0.1) is 4.92 Å². The van der Waals surface area contributed by atoms with E-state index in [4.69, 9.17) is 4.18 Å².